The zero-order chi connectivity index (χ0) is 23.3. The summed E-state index contributed by atoms with van der Waals surface area (Å²) >= 11 is 18.3. The molecule has 1 atom stereocenters. The Hall–Kier alpha value is -1.82. The summed E-state index contributed by atoms with van der Waals surface area (Å²) in [5.41, 5.74) is 0.822. The first-order chi connectivity index (χ1) is 15.3. The minimum Gasteiger partial charge on any atom is -0.352 e. The molecule has 0 bridgehead atoms. The molecule has 1 aliphatic rings. The third-order valence-electron chi connectivity index (χ3n) is 5.85. The molecule has 3 rings (SSSR count). The molecule has 32 heavy (non-hydrogen) atoms. The molecule has 8 heteroatoms. The summed E-state index contributed by atoms with van der Waals surface area (Å²) in [5, 5.41) is 3.99. The molecule has 0 saturated heterocycles. The molecule has 1 saturated carbocycles. The van der Waals surface area contributed by atoms with Crippen LogP contribution in [0.5, 0.6) is 0 Å². The lowest BCUT2D eigenvalue weighted by Gasteiger charge is -2.31. The van der Waals surface area contributed by atoms with E-state index in [9.17, 15) is 14.0 Å². The number of halogens is 4. The van der Waals surface area contributed by atoms with Crippen molar-refractivity contribution < 1.29 is 14.0 Å². The van der Waals surface area contributed by atoms with Gasteiger partial charge in [-0.1, -0.05) is 66.2 Å². The van der Waals surface area contributed by atoms with Crippen LogP contribution in [0.15, 0.2) is 36.4 Å². The van der Waals surface area contributed by atoms with Crippen LogP contribution in [0.4, 0.5) is 4.39 Å². The molecule has 1 aliphatic carbocycles. The van der Waals surface area contributed by atoms with E-state index in [0.717, 1.165) is 25.7 Å². The number of hydrogen-bond acceptors (Lipinski definition) is 2. The smallest absolute Gasteiger partial charge is 0.242 e. The van der Waals surface area contributed by atoms with Crippen molar-refractivity contribution in [2.75, 3.05) is 0 Å². The summed E-state index contributed by atoms with van der Waals surface area (Å²) in [6.45, 7) is 1.80. The second-order valence-corrected chi connectivity index (χ2v) is 9.39. The van der Waals surface area contributed by atoms with Crippen molar-refractivity contribution in [2.24, 2.45) is 0 Å². The average molecular weight is 500 g/mol. The Balaban J connectivity index is 1.82. The van der Waals surface area contributed by atoms with Crippen molar-refractivity contribution in [2.45, 2.75) is 64.1 Å². The van der Waals surface area contributed by atoms with Crippen molar-refractivity contribution in [3.8, 4) is 0 Å². The number of carbonyl (C=O) groups excluding carboxylic acids is 2. The van der Waals surface area contributed by atoms with Gasteiger partial charge in [-0.15, -0.1) is 0 Å². The molecule has 2 aromatic carbocycles. The number of amides is 2. The first-order valence-electron chi connectivity index (χ1n) is 10.7. The van der Waals surface area contributed by atoms with Gasteiger partial charge in [0.2, 0.25) is 11.8 Å². The van der Waals surface area contributed by atoms with Crippen LogP contribution >= 0.6 is 34.8 Å². The quantitative estimate of drug-likeness (QED) is 0.493. The van der Waals surface area contributed by atoms with E-state index in [-0.39, 0.29) is 35.5 Å². The van der Waals surface area contributed by atoms with Gasteiger partial charge in [0.15, 0.2) is 0 Å². The van der Waals surface area contributed by atoms with Crippen LogP contribution in [-0.2, 0) is 22.6 Å². The van der Waals surface area contributed by atoms with Crippen LogP contribution in [0, 0.1) is 5.82 Å². The maximum absolute atomic E-state index is 14.3. The van der Waals surface area contributed by atoms with E-state index in [2.05, 4.69) is 5.32 Å². The fourth-order valence-electron chi connectivity index (χ4n) is 3.94. The van der Waals surface area contributed by atoms with Gasteiger partial charge < -0.3 is 10.2 Å². The molecule has 0 aliphatic heterocycles. The summed E-state index contributed by atoms with van der Waals surface area (Å²) in [6.07, 6.45) is 4.95. The van der Waals surface area contributed by atoms with Gasteiger partial charge in [-0.05, 0) is 49.6 Å². The molecule has 1 N–H and O–H groups in total. The number of hydrogen-bond donors (Lipinski definition) is 1. The summed E-state index contributed by atoms with van der Waals surface area (Å²) < 4.78 is 14.3. The SMILES string of the molecule is C[C@@H](C(=O)NC1CCCCC1)N(Cc1ccc(Cl)c(Cl)c1)C(=O)Cc1c(F)cccc1Cl. The lowest BCUT2D eigenvalue weighted by molar-refractivity contribution is -0.140. The predicted octanol–water partition coefficient (Wildman–Crippen LogP) is 6.19. The standard InChI is InChI=1S/C24H26Cl3FN2O2/c1-15(24(32)29-17-6-3-2-4-7-17)30(14-16-10-11-20(26)21(27)12-16)23(31)13-18-19(25)8-5-9-22(18)28/h5,8-12,15,17H,2-4,6-7,13-14H2,1H3,(H,29,32)/t15-/m0/s1. The normalized spacial score (nSPS) is 15.3. The van der Waals surface area contributed by atoms with Gasteiger partial charge in [0.1, 0.15) is 11.9 Å². The van der Waals surface area contributed by atoms with Crippen LogP contribution in [0.25, 0.3) is 0 Å². The van der Waals surface area contributed by atoms with E-state index in [4.69, 9.17) is 34.8 Å². The summed E-state index contributed by atoms with van der Waals surface area (Å²) in [6, 6.07) is 8.68. The van der Waals surface area contributed by atoms with Crippen LogP contribution in [0.2, 0.25) is 15.1 Å². The highest BCUT2D eigenvalue weighted by molar-refractivity contribution is 6.42. The molecule has 172 valence electrons. The number of benzene rings is 2. The molecule has 0 aromatic heterocycles. The van der Waals surface area contributed by atoms with Crippen molar-refractivity contribution in [3.63, 3.8) is 0 Å². The van der Waals surface area contributed by atoms with E-state index in [1.54, 1.807) is 25.1 Å². The largest absolute Gasteiger partial charge is 0.352 e. The van der Waals surface area contributed by atoms with Gasteiger partial charge in [-0.2, -0.15) is 0 Å². The molecule has 0 spiro atoms. The van der Waals surface area contributed by atoms with E-state index in [1.807, 2.05) is 0 Å². The van der Waals surface area contributed by atoms with E-state index in [1.165, 1.54) is 29.5 Å². The fraction of sp³-hybridized carbons (Fsp3) is 0.417. The fourth-order valence-corrected chi connectivity index (χ4v) is 4.49. The molecule has 0 radical (unpaired) electrons. The van der Waals surface area contributed by atoms with Crippen LogP contribution < -0.4 is 5.32 Å². The molecule has 0 heterocycles. The molecule has 1 fully saturated rings. The molecular weight excluding hydrogens is 474 g/mol. The number of carbonyl (C=O) groups is 2. The second-order valence-electron chi connectivity index (χ2n) is 8.17. The Bertz CT molecular complexity index is 959. The maximum Gasteiger partial charge on any atom is 0.242 e. The summed E-state index contributed by atoms with van der Waals surface area (Å²) in [7, 11) is 0. The van der Waals surface area contributed by atoms with Gasteiger partial charge in [0, 0.05) is 23.2 Å². The van der Waals surface area contributed by atoms with Gasteiger partial charge in [-0.25, -0.2) is 4.39 Å². The highest BCUT2D eigenvalue weighted by Gasteiger charge is 2.29. The molecule has 2 aromatic rings. The van der Waals surface area contributed by atoms with Gasteiger partial charge in [0.05, 0.1) is 16.5 Å². The van der Waals surface area contributed by atoms with Crippen molar-refractivity contribution in [3.05, 3.63) is 68.4 Å². The zero-order valence-corrected chi connectivity index (χ0v) is 20.1. The van der Waals surface area contributed by atoms with E-state index < -0.39 is 17.8 Å². The van der Waals surface area contributed by atoms with Gasteiger partial charge in [0.25, 0.3) is 0 Å². The second kappa shape index (κ2) is 11.4. The molecule has 0 unspecified atom stereocenters. The summed E-state index contributed by atoms with van der Waals surface area (Å²) in [5.74, 6) is -1.20. The van der Waals surface area contributed by atoms with Crippen LogP contribution in [-0.4, -0.2) is 28.8 Å². The number of nitrogens with zero attached hydrogens (tertiary/aromatic N) is 1. The number of rotatable bonds is 7. The molecular formula is C24H26Cl3FN2O2. The van der Waals surface area contributed by atoms with Crippen molar-refractivity contribution in [1.82, 2.24) is 10.2 Å². The van der Waals surface area contributed by atoms with Gasteiger partial charge in [-0.3, -0.25) is 9.59 Å². The minimum absolute atomic E-state index is 0.109. The lowest BCUT2D eigenvalue weighted by atomic mass is 9.95. The zero-order valence-electron chi connectivity index (χ0n) is 17.8. The monoisotopic (exact) mass is 498 g/mol. The highest BCUT2D eigenvalue weighted by Crippen LogP contribution is 2.25. The lowest BCUT2D eigenvalue weighted by Crippen LogP contribution is -2.50. The first-order valence-corrected chi connectivity index (χ1v) is 11.9. The number of nitrogens with one attached hydrogen (secondary N) is 1. The van der Waals surface area contributed by atoms with Crippen LogP contribution in [0.1, 0.15) is 50.2 Å². The maximum atomic E-state index is 14.3. The Morgan fingerprint density at radius 3 is 2.44 bits per heavy atom. The first kappa shape index (κ1) is 24.8. The third-order valence-corrected chi connectivity index (χ3v) is 6.94. The summed E-state index contributed by atoms with van der Waals surface area (Å²) in [4.78, 5) is 27.7. The van der Waals surface area contributed by atoms with E-state index in [0.29, 0.717) is 15.6 Å². The third kappa shape index (κ3) is 6.37. The Morgan fingerprint density at radius 1 is 1.06 bits per heavy atom. The van der Waals surface area contributed by atoms with Gasteiger partial charge >= 0.3 is 0 Å². The highest BCUT2D eigenvalue weighted by atomic mass is 35.5. The minimum atomic E-state index is -0.760. The Morgan fingerprint density at radius 2 is 1.78 bits per heavy atom. The van der Waals surface area contributed by atoms with Crippen molar-refractivity contribution in [1.29, 1.82) is 0 Å². The predicted molar refractivity (Wildman–Crippen MR) is 127 cm³/mol. The average Bonchev–Trinajstić information content (AvgIpc) is 2.77. The van der Waals surface area contributed by atoms with Crippen LogP contribution in [0.3, 0.4) is 0 Å². The Kier molecular flexibility index (Phi) is 8.80. The Labute approximate surface area is 203 Å². The topological polar surface area (TPSA) is 49.4 Å². The van der Waals surface area contributed by atoms with Crippen molar-refractivity contribution >= 4 is 46.6 Å². The van der Waals surface area contributed by atoms with E-state index >= 15 is 0 Å². The molecule has 4 nitrogen and oxygen atoms in total. The molecule has 2 amide bonds.